The Morgan fingerprint density at radius 2 is 1.81 bits per heavy atom. The number of ether oxygens (including phenoxy) is 2. The Balaban J connectivity index is 1.28. The second-order valence-corrected chi connectivity index (χ2v) is 8.08. The summed E-state index contributed by atoms with van der Waals surface area (Å²) in [4.78, 5) is 20.1. The molecule has 0 unspecified atom stereocenters. The smallest absolute Gasteiger partial charge is 0.262 e. The number of para-hydroxylation sites is 2. The molecule has 0 saturated heterocycles. The van der Waals surface area contributed by atoms with Gasteiger partial charge in [-0.1, -0.05) is 48.5 Å². The summed E-state index contributed by atoms with van der Waals surface area (Å²) in [6.45, 7) is -0.180. The largest absolute Gasteiger partial charge is 0.493 e. The Labute approximate surface area is 207 Å². The lowest BCUT2D eigenvalue weighted by atomic mass is 10.1. The maximum absolute atomic E-state index is 12.5. The van der Waals surface area contributed by atoms with Crippen molar-refractivity contribution in [3.05, 3.63) is 96.3 Å². The first-order valence-corrected chi connectivity index (χ1v) is 11.3. The first kappa shape index (κ1) is 22.7. The summed E-state index contributed by atoms with van der Waals surface area (Å²) < 4.78 is 11.2. The van der Waals surface area contributed by atoms with Crippen molar-refractivity contribution in [2.45, 2.75) is 0 Å². The predicted octanol–water partition coefficient (Wildman–Crippen LogP) is 5.81. The van der Waals surface area contributed by atoms with E-state index in [4.69, 9.17) is 9.47 Å². The molecule has 176 valence electrons. The van der Waals surface area contributed by atoms with Crippen molar-refractivity contribution in [1.82, 2.24) is 9.97 Å². The number of amides is 1. The summed E-state index contributed by atoms with van der Waals surface area (Å²) in [6.07, 6.45) is 1.72. The zero-order valence-corrected chi connectivity index (χ0v) is 19.5. The number of nitrogens with one attached hydrogen (secondary N) is 2. The molecular weight excluding hydrogens is 452 g/mol. The molecule has 0 radical (unpaired) electrons. The number of carbonyl (C=O) groups is 1. The van der Waals surface area contributed by atoms with Gasteiger partial charge in [-0.25, -0.2) is 4.98 Å². The van der Waals surface area contributed by atoms with E-state index in [1.165, 1.54) is 7.11 Å². The number of hydrogen-bond acceptors (Lipinski definition) is 5. The molecule has 7 nitrogen and oxygen atoms in total. The number of imidazole rings is 1. The third-order valence-corrected chi connectivity index (χ3v) is 5.66. The lowest BCUT2D eigenvalue weighted by Crippen LogP contribution is -2.20. The van der Waals surface area contributed by atoms with E-state index in [1.54, 1.807) is 24.3 Å². The summed E-state index contributed by atoms with van der Waals surface area (Å²) in [7, 11) is 1.52. The van der Waals surface area contributed by atoms with Crippen LogP contribution < -0.4 is 14.8 Å². The monoisotopic (exact) mass is 474 g/mol. The van der Waals surface area contributed by atoms with Crippen LogP contribution in [0, 0.1) is 11.3 Å². The molecule has 0 aliphatic rings. The highest BCUT2D eigenvalue weighted by molar-refractivity contribution is 5.95. The first-order valence-electron chi connectivity index (χ1n) is 11.3. The van der Waals surface area contributed by atoms with Gasteiger partial charge in [0.15, 0.2) is 18.1 Å². The number of benzene rings is 4. The SMILES string of the molecule is COc1cc(/C=C(\C#N)c2nc3ccccc3[nH]2)ccc1OCC(=O)Nc1ccc2ccccc2c1. The summed E-state index contributed by atoms with van der Waals surface area (Å²) in [6, 6.07) is 28.7. The zero-order chi connectivity index (χ0) is 24.9. The normalized spacial score (nSPS) is 11.3. The Morgan fingerprint density at radius 1 is 1.00 bits per heavy atom. The van der Waals surface area contributed by atoms with E-state index < -0.39 is 0 Å². The molecule has 5 rings (SSSR count). The van der Waals surface area contributed by atoms with Gasteiger partial charge in [-0.15, -0.1) is 0 Å². The van der Waals surface area contributed by atoms with Gasteiger partial charge < -0.3 is 19.8 Å². The number of fused-ring (bicyclic) bond motifs is 2. The van der Waals surface area contributed by atoms with Gasteiger partial charge in [0.25, 0.3) is 5.91 Å². The van der Waals surface area contributed by atoms with Crippen LogP contribution in [0.4, 0.5) is 5.69 Å². The topological polar surface area (TPSA) is 100 Å². The molecule has 0 saturated carbocycles. The number of H-pyrrole nitrogens is 1. The molecule has 0 aliphatic heterocycles. The van der Waals surface area contributed by atoms with Crippen molar-refractivity contribution < 1.29 is 14.3 Å². The predicted molar refractivity (Wildman–Crippen MR) is 141 cm³/mol. The summed E-state index contributed by atoms with van der Waals surface area (Å²) >= 11 is 0. The number of nitrogens with zero attached hydrogens (tertiary/aromatic N) is 2. The fraction of sp³-hybridized carbons (Fsp3) is 0.0690. The van der Waals surface area contributed by atoms with E-state index >= 15 is 0 Å². The van der Waals surface area contributed by atoms with Crippen LogP contribution in [0.3, 0.4) is 0 Å². The fourth-order valence-electron chi connectivity index (χ4n) is 3.90. The van der Waals surface area contributed by atoms with E-state index in [9.17, 15) is 10.1 Å². The van der Waals surface area contributed by atoms with Crippen molar-refractivity contribution in [2.75, 3.05) is 19.0 Å². The molecule has 1 aromatic heterocycles. The van der Waals surface area contributed by atoms with Gasteiger partial charge in [-0.3, -0.25) is 4.79 Å². The van der Waals surface area contributed by atoms with Crippen LogP contribution in [-0.2, 0) is 4.79 Å². The number of nitriles is 1. The van der Waals surface area contributed by atoms with Gasteiger partial charge in [0.05, 0.1) is 23.7 Å². The van der Waals surface area contributed by atoms with Gasteiger partial charge in [-0.2, -0.15) is 5.26 Å². The maximum atomic E-state index is 12.5. The van der Waals surface area contributed by atoms with Crippen molar-refractivity contribution in [1.29, 1.82) is 5.26 Å². The Hall–Kier alpha value is -5.09. The van der Waals surface area contributed by atoms with E-state index in [-0.39, 0.29) is 12.5 Å². The molecule has 2 N–H and O–H groups in total. The average Bonchev–Trinajstić information content (AvgIpc) is 3.35. The van der Waals surface area contributed by atoms with Gasteiger partial charge in [0.2, 0.25) is 0 Å². The van der Waals surface area contributed by atoms with Crippen LogP contribution >= 0.6 is 0 Å². The van der Waals surface area contributed by atoms with E-state index in [1.807, 2.05) is 66.7 Å². The number of allylic oxidation sites excluding steroid dienone is 1. The van der Waals surface area contributed by atoms with Crippen molar-refractivity contribution in [2.24, 2.45) is 0 Å². The summed E-state index contributed by atoms with van der Waals surface area (Å²) in [5.41, 5.74) is 3.46. The van der Waals surface area contributed by atoms with Crippen LogP contribution in [0.5, 0.6) is 11.5 Å². The Bertz CT molecular complexity index is 1610. The van der Waals surface area contributed by atoms with Crippen LogP contribution in [0.25, 0.3) is 33.5 Å². The fourth-order valence-corrected chi connectivity index (χ4v) is 3.90. The van der Waals surface area contributed by atoms with Crippen molar-refractivity contribution >= 4 is 45.0 Å². The van der Waals surface area contributed by atoms with Crippen LogP contribution in [-0.4, -0.2) is 29.6 Å². The number of anilines is 1. The molecule has 0 aliphatic carbocycles. The number of methoxy groups -OCH3 is 1. The molecule has 0 bridgehead atoms. The minimum absolute atomic E-state index is 0.180. The number of hydrogen-bond donors (Lipinski definition) is 2. The minimum Gasteiger partial charge on any atom is -0.493 e. The van der Waals surface area contributed by atoms with E-state index in [2.05, 4.69) is 21.4 Å². The second kappa shape index (κ2) is 10.0. The van der Waals surface area contributed by atoms with Crippen LogP contribution in [0.2, 0.25) is 0 Å². The molecule has 5 aromatic rings. The highest BCUT2D eigenvalue weighted by Gasteiger charge is 2.11. The molecule has 0 atom stereocenters. The molecule has 4 aromatic carbocycles. The molecule has 7 heteroatoms. The number of aromatic amines is 1. The van der Waals surface area contributed by atoms with Gasteiger partial charge >= 0.3 is 0 Å². The molecule has 1 heterocycles. The van der Waals surface area contributed by atoms with Gasteiger partial charge in [-0.05, 0) is 58.8 Å². The Morgan fingerprint density at radius 3 is 2.61 bits per heavy atom. The molecular formula is C29H22N4O3. The zero-order valence-electron chi connectivity index (χ0n) is 19.5. The van der Waals surface area contributed by atoms with Gasteiger partial charge in [0, 0.05) is 5.69 Å². The van der Waals surface area contributed by atoms with Crippen molar-refractivity contribution in [3.63, 3.8) is 0 Å². The standard InChI is InChI=1S/C29H22N4O3/c1-35-27-15-19(14-22(17-30)29-32-24-8-4-5-9-25(24)33-29)10-13-26(27)36-18-28(34)31-23-12-11-20-6-2-3-7-21(20)16-23/h2-16H,18H2,1H3,(H,31,34)(H,32,33)/b22-14+. The van der Waals surface area contributed by atoms with Gasteiger partial charge in [0.1, 0.15) is 11.9 Å². The molecule has 0 spiro atoms. The third-order valence-electron chi connectivity index (χ3n) is 5.66. The van der Waals surface area contributed by atoms with Crippen LogP contribution in [0.1, 0.15) is 11.4 Å². The summed E-state index contributed by atoms with van der Waals surface area (Å²) in [5.74, 6) is 1.08. The van der Waals surface area contributed by atoms with Crippen molar-refractivity contribution in [3.8, 4) is 17.6 Å². The molecule has 36 heavy (non-hydrogen) atoms. The number of aromatic nitrogens is 2. The highest BCUT2D eigenvalue weighted by atomic mass is 16.5. The second-order valence-electron chi connectivity index (χ2n) is 8.08. The lowest BCUT2D eigenvalue weighted by molar-refractivity contribution is -0.118. The minimum atomic E-state index is -0.284. The first-order chi connectivity index (χ1) is 17.6. The Kier molecular flexibility index (Phi) is 6.33. The average molecular weight is 475 g/mol. The quantitative estimate of drug-likeness (QED) is 0.290. The van der Waals surface area contributed by atoms with E-state index in [0.717, 1.165) is 27.4 Å². The third kappa shape index (κ3) is 4.88. The maximum Gasteiger partial charge on any atom is 0.262 e. The van der Waals surface area contributed by atoms with E-state index in [0.29, 0.717) is 28.6 Å². The molecule has 0 fully saturated rings. The van der Waals surface area contributed by atoms with Crippen LogP contribution in [0.15, 0.2) is 84.9 Å². The number of rotatable bonds is 7. The summed E-state index contributed by atoms with van der Waals surface area (Å²) in [5, 5.41) is 14.7. The number of carbonyl (C=O) groups excluding carboxylic acids is 1. The molecule has 1 amide bonds. The highest BCUT2D eigenvalue weighted by Crippen LogP contribution is 2.30. The lowest BCUT2D eigenvalue weighted by Gasteiger charge is -2.12.